The van der Waals surface area contributed by atoms with E-state index in [1.165, 1.54) is 6.07 Å². The third-order valence-electron chi connectivity index (χ3n) is 2.31. The molecule has 0 aliphatic carbocycles. The second kappa shape index (κ2) is 6.56. The molecule has 1 amide bonds. The maximum absolute atomic E-state index is 13.0. The van der Waals surface area contributed by atoms with E-state index in [4.69, 9.17) is 10.5 Å². The van der Waals surface area contributed by atoms with Crippen LogP contribution in [0.5, 0.6) is 5.75 Å². The Hall–Kier alpha value is -1.83. The molecule has 3 N–H and O–H groups in total. The van der Waals surface area contributed by atoms with Gasteiger partial charge in [-0.25, -0.2) is 4.39 Å². The highest BCUT2D eigenvalue weighted by Gasteiger charge is 2.27. The molecule has 0 aliphatic rings. The number of hydrogen-bond donors (Lipinski definition) is 2. The van der Waals surface area contributed by atoms with E-state index in [1.54, 1.807) is 12.2 Å². The molecule has 112 valence electrons. The summed E-state index contributed by atoms with van der Waals surface area (Å²) < 4.78 is 53.7. The number of rotatable bonds is 5. The molecule has 1 atom stereocenters. The number of nitrogens with one attached hydrogen (secondary N) is 1. The molecule has 0 spiro atoms. The SMILES string of the molecule is C[C@@H](N)c1cc(F)ccc1OCC(=O)NCC(F)(F)F. The summed E-state index contributed by atoms with van der Waals surface area (Å²) in [5.41, 5.74) is 5.94. The quantitative estimate of drug-likeness (QED) is 0.815. The van der Waals surface area contributed by atoms with E-state index in [0.717, 1.165) is 12.1 Å². The van der Waals surface area contributed by atoms with Crippen molar-refractivity contribution < 1.29 is 27.1 Å². The van der Waals surface area contributed by atoms with Crippen molar-refractivity contribution >= 4 is 5.91 Å². The van der Waals surface area contributed by atoms with Crippen LogP contribution in [0.3, 0.4) is 0 Å². The lowest BCUT2D eigenvalue weighted by molar-refractivity contribution is -0.139. The van der Waals surface area contributed by atoms with Crippen molar-refractivity contribution in [2.75, 3.05) is 13.2 Å². The van der Waals surface area contributed by atoms with E-state index >= 15 is 0 Å². The van der Waals surface area contributed by atoms with Gasteiger partial charge < -0.3 is 15.8 Å². The molecule has 4 nitrogen and oxygen atoms in total. The van der Waals surface area contributed by atoms with Gasteiger partial charge in [0, 0.05) is 11.6 Å². The molecule has 0 saturated carbocycles. The van der Waals surface area contributed by atoms with Gasteiger partial charge in [-0.1, -0.05) is 0 Å². The fraction of sp³-hybridized carbons (Fsp3) is 0.417. The number of halogens is 4. The van der Waals surface area contributed by atoms with Crippen LogP contribution in [-0.2, 0) is 4.79 Å². The Kier molecular flexibility index (Phi) is 5.32. The van der Waals surface area contributed by atoms with Crippen LogP contribution in [0.2, 0.25) is 0 Å². The Morgan fingerprint density at radius 3 is 2.65 bits per heavy atom. The van der Waals surface area contributed by atoms with Gasteiger partial charge in [-0.3, -0.25) is 4.79 Å². The molecule has 8 heteroatoms. The highest BCUT2D eigenvalue weighted by molar-refractivity contribution is 5.77. The van der Waals surface area contributed by atoms with Gasteiger partial charge in [-0.2, -0.15) is 13.2 Å². The van der Waals surface area contributed by atoms with Gasteiger partial charge in [0.25, 0.3) is 5.91 Å². The van der Waals surface area contributed by atoms with Gasteiger partial charge in [0.15, 0.2) is 6.61 Å². The molecular formula is C12H14F4N2O2. The van der Waals surface area contributed by atoms with Crippen molar-refractivity contribution in [2.24, 2.45) is 5.73 Å². The Balaban J connectivity index is 2.59. The average Bonchev–Trinajstić information content (AvgIpc) is 2.33. The predicted octanol–water partition coefficient (Wildman–Crippen LogP) is 1.90. The van der Waals surface area contributed by atoms with E-state index in [1.807, 2.05) is 0 Å². The molecular weight excluding hydrogens is 280 g/mol. The third-order valence-corrected chi connectivity index (χ3v) is 2.31. The molecule has 1 rings (SSSR count). The molecule has 0 heterocycles. The first kappa shape index (κ1) is 16.2. The zero-order chi connectivity index (χ0) is 15.3. The monoisotopic (exact) mass is 294 g/mol. The zero-order valence-electron chi connectivity index (χ0n) is 10.6. The minimum absolute atomic E-state index is 0.156. The molecule has 20 heavy (non-hydrogen) atoms. The van der Waals surface area contributed by atoms with Gasteiger partial charge in [0.05, 0.1) is 0 Å². The molecule has 0 unspecified atom stereocenters. The lowest BCUT2D eigenvalue weighted by Gasteiger charge is -2.14. The molecule has 0 fully saturated rings. The van der Waals surface area contributed by atoms with Crippen LogP contribution in [0.15, 0.2) is 18.2 Å². The van der Waals surface area contributed by atoms with Crippen LogP contribution >= 0.6 is 0 Å². The average molecular weight is 294 g/mol. The standard InChI is InChI=1S/C12H14F4N2O2/c1-7(17)9-4-8(13)2-3-10(9)20-5-11(19)18-6-12(14,15)16/h2-4,7H,5-6,17H2,1H3,(H,18,19)/t7-/m1/s1. The summed E-state index contributed by atoms with van der Waals surface area (Å²) in [7, 11) is 0. The number of carbonyl (C=O) groups is 1. The fourth-order valence-electron chi connectivity index (χ4n) is 1.40. The first-order valence-electron chi connectivity index (χ1n) is 5.70. The van der Waals surface area contributed by atoms with Crippen LogP contribution in [0, 0.1) is 5.82 Å². The van der Waals surface area contributed by atoms with Crippen molar-refractivity contribution in [1.82, 2.24) is 5.32 Å². The highest BCUT2D eigenvalue weighted by atomic mass is 19.4. The van der Waals surface area contributed by atoms with Gasteiger partial charge in [-0.05, 0) is 25.1 Å². The normalized spacial score (nSPS) is 12.9. The van der Waals surface area contributed by atoms with E-state index in [9.17, 15) is 22.4 Å². The topological polar surface area (TPSA) is 64.3 Å². The first-order chi connectivity index (χ1) is 9.19. The summed E-state index contributed by atoms with van der Waals surface area (Å²) in [6.45, 7) is -0.453. The molecule has 0 saturated heterocycles. The molecule has 0 bridgehead atoms. The van der Waals surface area contributed by atoms with Crippen LogP contribution in [0.1, 0.15) is 18.5 Å². The van der Waals surface area contributed by atoms with E-state index in [2.05, 4.69) is 0 Å². The van der Waals surface area contributed by atoms with Gasteiger partial charge in [0.2, 0.25) is 0 Å². The smallest absolute Gasteiger partial charge is 0.405 e. The molecule has 1 aromatic carbocycles. The van der Waals surface area contributed by atoms with Gasteiger partial charge >= 0.3 is 6.18 Å². The Labute approximate surface area is 112 Å². The maximum atomic E-state index is 13.0. The molecule has 0 aliphatic heterocycles. The number of alkyl halides is 3. The largest absolute Gasteiger partial charge is 0.483 e. The third kappa shape index (κ3) is 5.43. The molecule has 0 radical (unpaired) electrons. The number of amides is 1. The lowest BCUT2D eigenvalue weighted by Crippen LogP contribution is -2.36. The highest BCUT2D eigenvalue weighted by Crippen LogP contribution is 2.24. The Morgan fingerprint density at radius 2 is 2.10 bits per heavy atom. The Morgan fingerprint density at radius 1 is 1.45 bits per heavy atom. The number of nitrogens with two attached hydrogens (primary N) is 1. The summed E-state index contributed by atoms with van der Waals surface area (Å²) in [5, 5.41) is 1.66. The number of ether oxygens (including phenoxy) is 1. The zero-order valence-corrected chi connectivity index (χ0v) is 10.6. The Bertz CT molecular complexity index is 475. The van der Waals surface area contributed by atoms with E-state index in [-0.39, 0.29) is 5.75 Å². The predicted molar refractivity (Wildman–Crippen MR) is 63.6 cm³/mol. The van der Waals surface area contributed by atoms with Crippen LogP contribution < -0.4 is 15.8 Å². The maximum Gasteiger partial charge on any atom is 0.405 e. The minimum Gasteiger partial charge on any atom is -0.483 e. The van der Waals surface area contributed by atoms with Crippen molar-refractivity contribution in [3.63, 3.8) is 0 Å². The van der Waals surface area contributed by atoms with Crippen LogP contribution in [-0.4, -0.2) is 25.2 Å². The molecule has 1 aromatic rings. The van der Waals surface area contributed by atoms with Gasteiger partial charge in [0.1, 0.15) is 18.1 Å². The van der Waals surface area contributed by atoms with Gasteiger partial charge in [-0.15, -0.1) is 0 Å². The summed E-state index contributed by atoms with van der Waals surface area (Å²) in [6.07, 6.45) is -4.48. The second-order valence-electron chi connectivity index (χ2n) is 4.15. The van der Waals surface area contributed by atoms with Crippen molar-refractivity contribution in [1.29, 1.82) is 0 Å². The summed E-state index contributed by atoms with van der Waals surface area (Å²) in [6, 6.07) is 2.98. The summed E-state index contributed by atoms with van der Waals surface area (Å²) in [4.78, 5) is 11.2. The van der Waals surface area contributed by atoms with E-state index in [0.29, 0.717) is 5.56 Å². The first-order valence-corrected chi connectivity index (χ1v) is 5.70. The summed E-state index contributed by atoms with van der Waals surface area (Å²) >= 11 is 0. The van der Waals surface area contributed by atoms with E-state index < -0.39 is 37.1 Å². The second-order valence-corrected chi connectivity index (χ2v) is 4.15. The van der Waals surface area contributed by atoms with Crippen molar-refractivity contribution in [3.8, 4) is 5.75 Å². The number of benzene rings is 1. The van der Waals surface area contributed by atoms with Crippen LogP contribution in [0.25, 0.3) is 0 Å². The summed E-state index contributed by atoms with van der Waals surface area (Å²) in [5.74, 6) is -1.29. The molecule has 0 aromatic heterocycles. The van der Waals surface area contributed by atoms with Crippen LogP contribution in [0.4, 0.5) is 17.6 Å². The van der Waals surface area contributed by atoms with Crippen molar-refractivity contribution in [2.45, 2.75) is 19.1 Å². The van der Waals surface area contributed by atoms with Crippen molar-refractivity contribution in [3.05, 3.63) is 29.6 Å². The number of hydrogen-bond acceptors (Lipinski definition) is 3. The lowest BCUT2D eigenvalue weighted by atomic mass is 10.1. The fourth-order valence-corrected chi connectivity index (χ4v) is 1.40. The minimum atomic E-state index is -4.48. The number of carbonyl (C=O) groups excluding carboxylic acids is 1.